The summed E-state index contributed by atoms with van der Waals surface area (Å²) in [6.45, 7) is 4.81. The first-order valence-corrected chi connectivity index (χ1v) is 8.40. The SMILES string of the molecule is COC(=O)c1ccc(OCCNCCNC(=O)C(O)C(C)(C)CO)cc1. The smallest absolute Gasteiger partial charge is 0.337 e. The highest BCUT2D eigenvalue weighted by Crippen LogP contribution is 2.19. The van der Waals surface area contributed by atoms with Crippen LogP contribution < -0.4 is 15.4 Å². The van der Waals surface area contributed by atoms with Gasteiger partial charge in [-0.3, -0.25) is 4.79 Å². The average molecular weight is 368 g/mol. The van der Waals surface area contributed by atoms with Gasteiger partial charge in [-0.2, -0.15) is 0 Å². The summed E-state index contributed by atoms with van der Waals surface area (Å²) >= 11 is 0. The first kappa shape index (κ1) is 21.9. The molecular formula is C18H28N2O6. The lowest BCUT2D eigenvalue weighted by Crippen LogP contribution is -2.47. The molecular weight excluding hydrogens is 340 g/mol. The Morgan fingerprint density at radius 3 is 2.38 bits per heavy atom. The van der Waals surface area contributed by atoms with Crippen LogP contribution in [0.3, 0.4) is 0 Å². The Balaban J connectivity index is 2.16. The van der Waals surface area contributed by atoms with Crippen LogP contribution >= 0.6 is 0 Å². The van der Waals surface area contributed by atoms with E-state index < -0.39 is 23.4 Å². The molecule has 26 heavy (non-hydrogen) atoms. The Morgan fingerprint density at radius 2 is 1.81 bits per heavy atom. The molecule has 0 aliphatic heterocycles. The summed E-state index contributed by atoms with van der Waals surface area (Å²) in [5.41, 5.74) is -0.422. The van der Waals surface area contributed by atoms with Gasteiger partial charge >= 0.3 is 5.97 Å². The molecule has 0 saturated carbocycles. The summed E-state index contributed by atoms with van der Waals surface area (Å²) in [6.07, 6.45) is -1.26. The number of methoxy groups -OCH3 is 1. The minimum absolute atomic E-state index is 0.280. The van der Waals surface area contributed by atoms with E-state index in [4.69, 9.17) is 9.84 Å². The number of aliphatic hydroxyl groups excluding tert-OH is 2. The number of amides is 1. The zero-order valence-corrected chi connectivity index (χ0v) is 15.4. The molecule has 8 heteroatoms. The monoisotopic (exact) mass is 368 g/mol. The number of ether oxygens (including phenoxy) is 2. The van der Waals surface area contributed by atoms with E-state index >= 15 is 0 Å². The van der Waals surface area contributed by atoms with Crippen molar-refractivity contribution in [2.24, 2.45) is 5.41 Å². The van der Waals surface area contributed by atoms with Crippen molar-refractivity contribution in [3.05, 3.63) is 29.8 Å². The number of esters is 1. The van der Waals surface area contributed by atoms with E-state index in [2.05, 4.69) is 15.4 Å². The number of hydrogen-bond donors (Lipinski definition) is 4. The summed E-state index contributed by atoms with van der Waals surface area (Å²) < 4.78 is 10.2. The zero-order valence-electron chi connectivity index (χ0n) is 15.4. The maximum absolute atomic E-state index is 11.8. The number of benzene rings is 1. The van der Waals surface area contributed by atoms with Crippen LogP contribution in [0.4, 0.5) is 0 Å². The quantitative estimate of drug-likeness (QED) is 0.319. The maximum atomic E-state index is 11.8. The molecule has 0 heterocycles. The second-order valence-corrected chi connectivity index (χ2v) is 6.45. The largest absolute Gasteiger partial charge is 0.492 e. The number of nitrogens with one attached hydrogen (secondary N) is 2. The van der Waals surface area contributed by atoms with Crippen LogP contribution in [0.25, 0.3) is 0 Å². The highest BCUT2D eigenvalue weighted by atomic mass is 16.5. The highest BCUT2D eigenvalue weighted by molar-refractivity contribution is 5.89. The Labute approximate surface area is 153 Å². The standard InChI is InChI=1S/C18H28N2O6/c1-18(2,12-21)15(22)16(23)20-9-8-19-10-11-26-14-6-4-13(5-7-14)17(24)25-3/h4-7,15,19,21-22H,8-12H2,1-3H3,(H,20,23). The van der Waals surface area contributed by atoms with Crippen LogP contribution in [-0.2, 0) is 9.53 Å². The van der Waals surface area contributed by atoms with Gasteiger partial charge in [0, 0.05) is 25.0 Å². The lowest BCUT2D eigenvalue weighted by atomic mass is 9.87. The van der Waals surface area contributed by atoms with Crippen LogP contribution in [0.2, 0.25) is 0 Å². The molecule has 1 amide bonds. The van der Waals surface area contributed by atoms with Gasteiger partial charge in [0.05, 0.1) is 19.3 Å². The van der Waals surface area contributed by atoms with E-state index in [9.17, 15) is 14.7 Å². The molecule has 0 fully saturated rings. The number of rotatable bonds is 11. The highest BCUT2D eigenvalue weighted by Gasteiger charge is 2.32. The van der Waals surface area contributed by atoms with Crippen LogP contribution in [0.5, 0.6) is 5.75 Å². The van der Waals surface area contributed by atoms with E-state index in [1.165, 1.54) is 7.11 Å². The predicted octanol–water partition coefficient (Wildman–Crippen LogP) is -0.0628. The van der Waals surface area contributed by atoms with Gasteiger partial charge in [0.25, 0.3) is 0 Å². The average Bonchev–Trinajstić information content (AvgIpc) is 2.66. The molecule has 146 valence electrons. The molecule has 0 aliphatic rings. The normalized spacial score (nSPS) is 12.3. The number of aliphatic hydroxyl groups is 2. The fourth-order valence-electron chi connectivity index (χ4n) is 1.98. The molecule has 1 rings (SSSR count). The van der Waals surface area contributed by atoms with Gasteiger partial charge in [-0.05, 0) is 24.3 Å². The van der Waals surface area contributed by atoms with Gasteiger partial charge in [-0.25, -0.2) is 4.79 Å². The Bertz CT molecular complexity index is 574. The van der Waals surface area contributed by atoms with Gasteiger partial charge < -0.3 is 30.3 Å². The van der Waals surface area contributed by atoms with E-state index in [0.29, 0.717) is 37.6 Å². The minimum atomic E-state index is -1.26. The summed E-state index contributed by atoms with van der Waals surface area (Å²) in [5, 5.41) is 24.7. The predicted molar refractivity (Wildman–Crippen MR) is 96.0 cm³/mol. The van der Waals surface area contributed by atoms with Gasteiger partial charge in [0.2, 0.25) is 5.91 Å². The summed E-state index contributed by atoms with van der Waals surface area (Å²) in [4.78, 5) is 23.1. The maximum Gasteiger partial charge on any atom is 0.337 e. The Morgan fingerprint density at radius 1 is 1.15 bits per heavy atom. The van der Waals surface area contributed by atoms with Crippen molar-refractivity contribution in [2.75, 3.05) is 40.0 Å². The van der Waals surface area contributed by atoms with Crippen LogP contribution in [0.1, 0.15) is 24.2 Å². The second kappa shape index (κ2) is 10.7. The molecule has 0 radical (unpaired) electrons. The van der Waals surface area contributed by atoms with E-state index in [0.717, 1.165) is 0 Å². The Kier molecular flexibility index (Phi) is 9.04. The summed E-state index contributed by atoms with van der Waals surface area (Å²) in [7, 11) is 1.33. The molecule has 0 aromatic heterocycles. The number of carbonyl (C=O) groups is 2. The molecule has 0 saturated heterocycles. The topological polar surface area (TPSA) is 117 Å². The third-order valence-electron chi connectivity index (χ3n) is 3.82. The third-order valence-corrected chi connectivity index (χ3v) is 3.82. The molecule has 0 bridgehead atoms. The molecule has 1 aromatic rings. The molecule has 1 aromatic carbocycles. The van der Waals surface area contributed by atoms with Crippen molar-refractivity contribution in [1.82, 2.24) is 10.6 Å². The minimum Gasteiger partial charge on any atom is -0.492 e. The summed E-state index contributed by atoms with van der Waals surface area (Å²) in [6, 6.07) is 6.64. The van der Waals surface area contributed by atoms with Gasteiger partial charge in [-0.15, -0.1) is 0 Å². The fraction of sp³-hybridized carbons (Fsp3) is 0.556. The van der Waals surface area contributed by atoms with Crippen molar-refractivity contribution >= 4 is 11.9 Å². The van der Waals surface area contributed by atoms with Crippen molar-refractivity contribution in [3.63, 3.8) is 0 Å². The van der Waals surface area contributed by atoms with Crippen molar-refractivity contribution in [1.29, 1.82) is 0 Å². The third kappa shape index (κ3) is 6.99. The number of hydrogen-bond acceptors (Lipinski definition) is 7. The molecule has 0 spiro atoms. The van der Waals surface area contributed by atoms with Gasteiger partial charge in [0.1, 0.15) is 18.5 Å². The zero-order chi connectivity index (χ0) is 19.6. The Hall–Kier alpha value is -2.16. The summed E-state index contributed by atoms with van der Waals surface area (Å²) in [5.74, 6) is -0.261. The molecule has 8 nitrogen and oxygen atoms in total. The van der Waals surface area contributed by atoms with E-state index in [1.807, 2.05) is 0 Å². The van der Waals surface area contributed by atoms with Gasteiger partial charge in [-0.1, -0.05) is 13.8 Å². The lowest BCUT2D eigenvalue weighted by Gasteiger charge is -2.27. The number of carbonyl (C=O) groups excluding carboxylic acids is 2. The van der Waals surface area contributed by atoms with Crippen LogP contribution in [-0.4, -0.2) is 68.2 Å². The van der Waals surface area contributed by atoms with Crippen molar-refractivity contribution in [3.8, 4) is 5.75 Å². The van der Waals surface area contributed by atoms with Gasteiger partial charge in [0.15, 0.2) is 0 Å². The van der Waals surface area contributed by atoms with Crippen LogP contribution in [0, 0.1) is 5.41 Å². The second-order valence-electron chi connectivity index (χ2n) is 6.45. The van der Waals surface area contributed by atoms with Crippen molar-refractivity contribution in [2.45, 2.75) is 20.0 Å². The molecule has 1 unspecified atom stereocenters. The van der Waals surface area contributed by atoms with Crippen LogP contribution in [0.15, 0.2) is 24.3 Å². The first-order valence-electron chi connectivity index (χ1n) is 8.40. The molecule has 0 aliphatic carbocycles. The lowest BCUT2D eigenvalue weighted by molar-refractivity contribution is -0.137. The fourth-order valence-corrected chi connectivity index (χ4v) is 1.98. The molecule has 1 atom stereocenters. The molecule has 4 N–H and O–H groups in total. The van der Waals surface area contributed by atoms with E-state index in [1.54, 1.807) is 38.1 Å². The van der Waals surface area contributed by atoms with Crippen molar-refractivity contribution < 1.29 is 29.3 Å². The van der Waals surface area contributed by atoms with E-state index in [-0.39, 0.29) is 6.61 Å². The first-order chi connectivity index (χ1) is 12.3.